The number of amides is 1. The maximum atomic E-state index is 12.6. The summed E-state index contributed by atoms with van der Waals surface area (Å²) in [6.45, 7) is 6.92. The summed E-state index contributed by atoms with van der Waals surface area (Å²) in [4.78, 5) is 16.9. The van der Waals surface area contributed by atoms with Crippen LogP contribution >= 0.6 is 0 Å². The van der Waals surface area contributed by atoms with E-state index in [1.807, 2.05) is 42.2 Å². The Morgan fingerprint density at radius 3 is 2.48 bits per heavy atom. The lowest BCUT2D eigenvalue weighted by molar-refractivity contribution is -0.127. The molecule has 0 spiro atoms. The Hall–Kier alpha value is -2.79. The zero-order chi connectivity index (χ0) is 20.5. The summed E-state index contributed by atoms with van der Waals surface area (Å²) in [6.07, 6.45) is 4.54. The van der Waals surface area contributed by atoms with E-state index in [2.05, 4.69) is 29.2 Å². The number of piperazine rings is 1. The molecule has 1 saturated heterocycles. The molecular weight excluding hydrogens is 364 g/mol. The Balaban J connectivity index is 1.48. The van der Waals surface area contributed by atoms with E-state index in [-0.39, 0.29) is 5.91 Å². The lowest BCUT2D eigenvalue weighted by atomic mass is 10.1. The van der Waals surface area contributed by atoms with E-state index in [1.54, 1.807) is 13.2 Å². The van der Waals surface area contributed by atoms with Crippen LogP contribution in [0.1, 0.15) is 18.1 Å². The van der Waals surface area contributed by atoms with Gasteiger partial charge in [-0.25, -0.2) is 0 Å². The van der Waals surface area contributed by atoms with Gasteiger partial charge in [0, 0.05) is 38.8 Å². The molecule has 0 saturated carbocycles. The van der Waals surface area contributed by atoms with Crippen LogP contribution in [0, 0.1) is 0 Å². The fraction of sp³-hybridized carbons (Fsp3) is 0.375. The molecule has 0 bridgehead atoms. The summed E-state index contributed by atoms with van der Waals surface area (Å²) in [5, 5.41) is 0. The zero-order valence-electron chi connectivity index (χ0n) is 17.3. The van der Waals surface area contributed by atoms with Gasteiger partial charge in [0.1, 0.15) is 0 Å². The molecule has 0 aromatic heterocycles. The van der Waals surface area contributed by atoms with Crippen molar-refractivity contribution < 1.29 is 14.3 Å². The first-order chi connectivity index (χ1) is 14.2. The lowest BCUT2D eigenvalue weighted by Gasteiger charge is -2.34. The van der Waals surface area contributed by atoms with Crippen LogP contribution in [0.3, 0.4) is 0 Å². The molecule has 29 heavy (non-hydrogen) atoms. The molecule has 0 radical (unpaired) electrons. The van der Waals surface area contributed by atoms with E-state index < -0.39 is 0 Å². The molecule has 5 nitrogen and oxygen atoms in total. The Kier molecular flexibility index (Phi) is 7.70. The Morgan fingerprint density at radius 1 is 1.03 bits per heavy atom. The van der Waals surface area contributed by atoms with E-state index in [0.717, 1.165) is 44.7 Å². The summed E-state index contributed by atoms with van der Waals surface area (Å²) >= 11 is 0. The summed E-state index contributed by atoms with van der Waals surface area (Å²) < 4.78 is 10.9. The van der Waals surface area contributed by atoms with Gasteiger partial charge in [0.15, 0.2) is 11.5 Å². The molecule has 2 aromatic carbocycles. The fourth-order valence-electron chi connectivity index (χ4n) is 3.46. The first-order valence-corrected chi connectivity index (χ1v) is 10.2. The number of benzene rings is 2. The highest BCUT2D eigenvalue weighted by Gasteiger charge is 2.19. The van der Waals surface area contributed by atoms with Crippen molar-refractivity contribution in [3.8, 4) is 11.5 Å². The van der Waals surface area contributed by atoms with Gasteiger partial charge in [-0.1, -0.05) is 36.4 Å². The van der Waals surface area contributed by atoms with Crippen molar-refractivity contribution in [2.75, 3.05) is 46.4 Å². The molecule has 1 fully saturated rings. The van der Waals surface area contributed by atoms with Gasteiger partial charge in [-0.15, -0.1) is 0 Å². The molecule has 2 aromatic rings. The molecule has 0 atom stereocenters. The second-order valence-electron chi connectivity index (χ2n) is 7.08. The summed E-state index contributed by atoms with van der Waals surface area (Å²) in [5.74, 6) is 1.44. The van der Waals surface area contributed by atoms with Gasteiger partial charge in [0.2, 0.25) is 5.91 Å². The van der Waals surface area contributed by atoms with E-state index in [9.17, 15) is 4.79 Å². The lowest BCUT2D eigenvalue weighted by Crippen LogP contribution is -2.48. The highest BCUT2D eigenvalue weighted by molar-refractivity contribution is 5.92. The normalized spacial score (nSPS) is 14.9. The Labute approximate surface area is 173 Å². The molecule has 0 N–H and O–H groups in total. The van der Waals surface area contributed by atoms with E-state index in [4.69, 9.17) is 9.47 Å². The monoisotopic (exact) mass is 394 g/mol. The van der Waals surface area contributed by atoms with Crippen molar-refractivity contribution in [1.82, 2.24) is 9.80 Å². The quantitative estimate of drug-likeness (QED) is 0.643. The first kappa shape index (κ1) is 20.9. The molecule has 0 aliphatic carbocycles. The van der Waals surface area contributed by atoms with Gasteiger partial charge in [0.25, 0.3) is 0 Å². The second kappa shape index (κ2) is 10.7. The molecule has 1 aliphatic rings. The van der Waals surface area contributed by atoms with Crippen molar-refractivity contribution in [2.24, 2.45) is 0 Å². The van der Waals surface area contributed by atoms with Crippen LogP contribution in [0.4, 0.5) is 0 Å². The van der Waals surface area contributed by atoms with Crippen LogP contribution in [0.2, 0.25) is 0 Å². The predicted molar refractivity (Wildman–Crippen MR) is 116 cm³/mol. The third-order valence-corrected chi connectivity index (χ3v) is 5.15. The average Bonchev–Trinajstić information content (AvgIpc) is 2.77. The molecule has 0 unspecified atom stereocenters. The minimum Gasteiger partial charge on any atom is -0.493 e. The first-order valence-electron chi connectivity index (χ1n) is 10.2. The molecule has 1 aliphatic heterocycles. The number of nitrogens with zero attached hydrogens (tertiary/aromatic N) is 2. The highest BCUT2D eigenvalue weighted by Crippen LogP contribution is 2.28. The SMILES string of the molecule is CCOc1cc(/C=C/C(=O)N2CCN(CCc3ccccc3)CC2)ccc1OC. The average molecular weight is 395 g/mol. The largest absolute Gasteiger partial charge is 0.493 e. The van der Waals surface area contributed by atoms with Gasteiger partial charge in [0.05, 0.1) is 13.7 Å². The van der Waals surface area contributed by atoms with Crippen molar-refractivity contribution in [2.45, 2.75) is 13.3 Å². The van der Waals surface area contributed by atoms with Gasteiger partial charge < -0.3 is 14.4 Å². The third kappa shape index (κ3) is 6.09. The van der Waals surface area contributed by atoms with E-state index in [1.165, 1.54) is 5.56 Å². The standard InChI is InChI=1S/C24H30N2O3/c1-3-29-23-19-21(9-11-22(23)28-2)10-12-24(27)26-17-15-25(16-18-26)14-13-20-7-5-4-6-8-20/h4-12,19H,3,13-18H2,1-2H3/b12-10+. The van der Waals surface area contributed by atoms with Crippen molar-refractivity contribution in [1.29, 1.82) is 0 Å². The molecule has 5 heteroatoms. The van der Waals surface area contributed by atoms with E-state index >= 15 is 0 Å². The van der Waals surface area contributed by atoms with Gasteiger partial charge in [-0.05, 0) is 42.7 Å². The van der Waals surface area contributed by atoms with Crippen molar-refractivity contribution in [3.63, 3.8) is 0 Å². The summed E-state index contributed by atoms with van der Waals surface area (Å²) in [5.41, 5.74) is 2.28. The predicted octanol–water partition coefficient (Wildman–Crippen LogP) is 3.49. The molecular formula is C24H30N2O3. The van der Waals surface area contributed by atoms with Crippen molar-refractivity contribution in [3.05, 3.63) is 65.7 Å². The second-order valence-corrected chi connectivity index (χ2v) is 7.08. The zero-order valence-corrected chi connectivity index (χ0v) is 17.3. The number of carbonyl (C=O) groups is 1. The third-order valence-electron chi connectivity index (χ3n) is 5.15. The van der Waals surface area contributed by atoms with Gasteiger partial charge in [-0.3, -0.25) is 9.69 Å². The van der Waals surface area contributed by atoms with Crippen molar-refractivity contribution >= 4 is 12.0 Å². The van der Waals surface area contributed by atoms with Gasteiger partial charge >= 0.3 is 0 Å². The highest BCUT2D eigenvalue weighted by atomic mass is 16.5. The maximum Gasteiger partial charge on any atom is 0.246 e. The van der Waals surface area contributed by atoms with Crippen LogP contribution in [0.5, 0.6) is 11.5 Å². The van der Waals surface area contributed by atoms with Crippen LogP contribution in [0.25, 0.3) is 6.08 Å². The summed E-state index contributed by atoms with van der Waals surface area (Å²) in [6, 6.07) is 16.2. The Bertz CT molecular complexity index is 812. The van der Waals surface area contributed by atoms with Crippen LogP contribution in [-0.2, 0) is 11.2 Å². The number of ether oxygens (including phenoxy) is 2. The van der Waals surface area contributed by atoms with E-state index in [0.29, 0.717) is 18.1 Å². The molecule has 1 heterocycles. The Morgan fingerprint density at radius 2 is 1.79 bits per heavy atom. The number of hydrogen-bond acceptors (Lipinski definition) is 4. The molecule has 1 amide bonds. The molecule has 3 rings (SSSR count). The number of methoxy groups -OCH3 is 1. The number of hydrogen-bond donors (Lipinski definition) is 0. The fourth-order valence-corrected chi connectivity index (χ4v) is 3.46. The molecule has 154 valence electrons. The minimum atomic E-state index is 0.0569. The minimum absolute atomic E-state index is 0.0569. The number of rotatable bonds is 8. The number of carbonyl (C=O) groups excluding carboxylic acids is 1. The maximum absolute atomic E-state index is 12.6. The topological polar surface area (TPSA) is 42.0 Å². The smallest absolute Gasteiger partial charge is 0.246 e. The summed E-state index contributed by atoms with van der Waals surface area (Å²) in [7, 11) is 1.62. The van der Waals surface area contributed by atoms with Crippen LogP contribution < -0.4 is 9.47 Å². The van der Waals surface area contributed by atoms with Gasteiger partial charge in [-0.2, -0.15) is 0 Å². The van der Waals surface area contributed by atoms with Crippen LogP contribution in [-0.4, -0.2) is 62.1 Å². The van der Waals surface area contributed by atoms with Crippen LogP contribution in [0.15, 0.2) is 54.6 Å².